The fourth-order valence-corrected chi connectivity index (χ4v) is 2.15. The van der Waals surface area contributed by atoms with E-state index in [0.717, 1.165) is 0 Å². The molecule has 0 spiro atoms. The molecule has 7 heteroatoms. The molecule has 1 aromatic carbocycles. The molecule has 2 rings (SSSR count). The number of aliphatic hydroxyl groups is 3. The predicted octanol–water partition coefficient (Wildman–Crippen LogP) is -0.100. The first-order valence-corrected chi connectivity index (χ1v) is 6.51. The topological polar surface area (TPSA) is 116 Å². The average molecular weight is 298 g/mol. The van der Waals surface area contributed by atoms with Crippen molar-refractivity contribution in [3.8, 4) is 5.75 Å². The summed E-state index contributed by atoms with van der Waals surface area (Å²) in [5.41, 5.74) is 0.674. The number of aryl methyl sites for hydroxylation is 1. The molecule has 1 saturated heterocycles. The number of aliphatic hydroxyl groups excluding tert-OH is 3. The Bertz CT molecular complexity index is 530. The lowest BCUT2D eigenvalue weighted by Crippen LogP contribution is -2.58. The van der Waals surface area contributed by atoms with Crippen LogP contribution in [0.4, 0.5) is 0 Å². The van der Waals surface area contributed by atoms with Gasteiger partial charge in [-0.05, 0) is 37.6 Å². The lowest BCUT2D eigenvalue weighted by Gasteiger charge is -2.39. The van der Waals surface area contributed by atoms with Crippen molar-refractivity contribution < 1.29 is 34.7 Å². The number of ether oxygens (including phenoxy) is 2. The summed E-state index contributed by atoms with van der Waals surface area (Å²) in [6.45, 7) is 3.21. The third-order valence-corrected chi connectivity index (χ3v) is 3.47. The van der Waals surface area contributed by atoms with Crippen LogP contribution in [-0.2, 0) is 4.74 Å². The molecule has 1 aliphatic rings. The molecule has 5 atom stereocenters. The second kappa shape index (κ2) is 5.98. The van der Waals surface area contributed by atoms with Crippen molar-refractivity contribution in [3.05, 3.63) is 29.3 Å². The van der Waals surface area contributed by atoms with E-state index in [1.54, 1.807) is 13.8 Å². The molecule has 5 unspecified atom stereocenters. The molecule has 4 N–H and O–H groups in total. The van der Waals surface area contributed by atoms with Crippen LogP contribution in [0.25, 0.3) is 0 Å². The lowest BCUT2D eigenvalue weighted by atomic mass is 10.00. The van der Waals surface area contributed by atoms with Gasteiger partial charge in [-0.3, -0.25) is 0 Å². The van der Waals surface area contributed by atoms with Crippen molar-refractivity contribution in [2.24, 2.45) is 0 Å². The van der Waals surface area contributed by atoms with Crippen LogP contribution < -0.4 is 4.74 Å². The van der Waals surface area contributed by atoms with Crippen molar-refractivity contribution in [1.29, 1.82) is 0 Å². The first kappa shape index (κ1) is 15.7. The number of aromatic carboxylic acids is 1. The first-order valence-electron chi connectivity index (χ1n) is 6.51. The normalized spacial score (nSPS) is 32.7. The van der Waals surface area contributed by atoms with Crippen LogP contribution >= 0.6 is 0 Å². The third-order valence-electron chi connectivity index (χ3n) is 3.47. The number of benzene rings is 1. The van der Waals surface area contributed by atoms with Crippen molar-refractivity contribution in [1.82, 2.24) is 0 Å². The highest BCUT2D eigenvalue weighted by Gasteiger charge is 2.43. The minimum absolute atomic E-state index is 0.119. The summed E-state index contributed by atoms with van der Waals surface area (Å²) in [5, 5.41) is 38.1. The van der Waals surface area contributed by atoms with Gasteiger partial charge in [-0.15, -0.1) is 0 Å². The Morgan fingerprint density at radius 2 is 1.86 bits per heavy atom. The summed E-state index contributed by atoms with van der Waals surface area (Å²) < 4.78 is 10.8. The van der Waals surface area contributed by atoms with Gasteiger partial charge in [-0.1, -0.05) is 0 Å². The van der Waals surface area contributed by atoms with Crippen LogP contribution in [0.15, 0.2) is 18.2 Å². The summed E-state index contributed by atoms with van der Waals surface area (Å²) in [4.78, 5) is 10.9. The van der Waals surface area contributed by atoms with E-state index in [2.05, 4.69) is 0 Å². The quantitative estimate of drug-likeness (QED) is 0.615. The van der Waals surface area contributed by atoms with Crippen LogP contribution in [0, 0.1) is 6.92 Å². The molecular weight excluding hydrogens is 280 g/mol. The summed E-state index contributed by atoms with van der Waals surface area (Å²) >= 11 is 0. The number of carbonyl (C=O) groups is 1. The third kappa shape index (κ3) is 3.16. The van der Waals surface area contributed by atoms with Crippen LogP contribution in [-0.4, -0.2) is 57.1 Å². The van der Waals surface area contributed by atoms with E-state index in [1.807, 2.05) is 0 Å². The van der Waals surface area contributed by atoms with E-state index in [-0.39, 0.29) is 5.56 Å². The van der Waals surface area contributed by atoms with Gasteiger partial charge < -0.3 is 29.9 Å². The van der Waals surface area contributed by atoms with Gasteiger partial charge in [-0.25, -0.2) is 4.79 Å². The first-order chi connectivity index (χ1) is 9.81. The maximum Gasteiger partial charge on any atom is 0.335 e. The minimum Gasteiger partial charge on any atom is -0.478 e. The van der Waals surface area contributed by atoms with Crippen LogP contribution in [0.2, 0.25) is 0 Å². The van der Waals surface area contributed by atoms with E-state index in [1.165, 1.54) is 18.2 Å². The highest BCUT2D eigenvalue weighted by atomic mass is 16.7. The number of rotatable bonds is 3. The van der Waals surface area contributed by atoms with Crippen molar-refractivity contribution >= 4 is 5.97 Å². The van der Waals surface area contributed by atoms with Gasteiger partial charge in [-0.2, -0.15) is 0 Å². The fraction of sp³-hybridized carbons (Fsp3) is 0.500. The highest BCUT2D eigenvalue weighted by molar-refractivity contribution is 5.88. The second-order valence-corrected chi connectivity index (χ2v) is 5.08. The molecule has 0 radical (unpaired) electrons. The molecule has 0 aliphatic carbocycles. The SMILES string of the molecule is Cc1cc(C(=O)O)ccc1OC1OC(C)C(O)C(O)C1O. The average Bonchev–Trinajstić information content (AvgIpc) is 2.44. The van der Waals surface area contributed by atoms with E-state index in [0.29, 0.717) is 11.3 Å². The van der Waals surface area contributed by atoms with Crippen LogP contribution in [0.5, 0.6) is 5.75 Å². The molecule has 1 heterocycles. The molecule has 21 heavy (non-hydrogen) atoms. The van der Waals surface area contributed by atoms with Gasteiger partial charge in [0.05, 0.1) is 11.7 Å². The van der Waals surface area contributed by atoms with Gasteiger partial charge in [0.2, 0.25) is 6.29 Å². The van der Waals surface area contributed by atoms with Gasteiger partial charge in [0, 0.05) is 0 Å². The molecule has 1 aliphatic heterocycles. The number of hydrogen-bond donors (Lipinski definition) is 4. The summed E-state index contributed by atoms with van der Waals surface area (Å²) in [6.07, 6.45) is -5.83. The van der Waals surface area contributed by atoms with Gasteiger partial charge >= 0.3 is 5.97 Å². The Morgan fingerprint density at radius 1 is 1.19 bits per heavy atom. The van der Waals surface area contributed by atoms with Gasteiger partial charge in [0.25, 0.3) is 0 Å². The maximum atomic E-state index is 10.9. The number of carboxylic acid groups (broad SMARTS) is 1. The zero-order valence-corrected chi connectivity index (χ0v) is 11.6. The monoisotopic (exact) mass is 298 g/mol. The smallest absolute Gasteiger partial charge is 0.335 e. The Kier molecular flexibility index (Phi) is 4.48. The minimum atomic E-state index is -1.41. The molecule has 7 nitrogen and oxygen atoms in total. The molecule has 0 amide bonds. The summed E-state index contributed by atoms with van der Waals surface area (Å²) in [6, 6.07) is 4.26. The Labute approximate surface area is 121 Å². The van der Waals surface area contributed by atoms with E-state index in [9.17, 15) is 20.1 Å². The maximum absolute atomic E-state index is 10.9. The Balaban J connectivity index is 2.16. The van der Waals surface area contributed by atoms with Crippen LogP contribution in [0.1, 0.15) is 22.8 Å². The molecule has 1 fully saturated rings. The van der Waals surface area contributed by atoms with Gasteiger partial charge in [0.15, 0.2) is 0 Å². The fourth-order valence-electron chi connectivity index (χ4n) is 2.15. The van der Waals surface area contributed by atoms with Crippen molar-refractivity contribution in [2.75, 3.05) is 0 Å². The largest absolute Gasteiger partial charge is 0.478 e. The standard InChI is InChI=1S/C14H18O7/c1-6-5-8(13(18)19)3-4-9(6)21-14-12(17)11(16)10(15)7(2)20-14/h3-5,7,10-12,14-17H,1-2H3,(H,18,19). The van der Waals surface area contributed by atoms with Gasteiger partial charge in [0.1, 0.15) is 24.1 Å². The van der Waals surface area contributed by atoms with E-state index >= 15 is 0 Å². The molecule has 0 saturated carbocycles. The van der Waals surface area contributed by atoms with Crippen LogP contribution in [0.3, 0.4) is 0 Å². The summed E-state index contributed by atoms with van der Waals surface area (Å²) in [7, 11) is 0. The number of hydrogen-bond acceptors (Lipinski definition) is 6. The molecule has 116 valence electrons. The zero-order chi connectivity index (χ0) is 15.7. The Morgan fingerprint density at radius 3 is 2.43 bits per heavy atom. The van der Waals surface area contributed by atoms with Crippen molar-refractivity contribution in [3.63, 3.8) is 0 Å². The van der Waals surface area contributed by atoms with E-state index in [4.69, 9.17) is 14.6 Å². The second-order valence-electron chi connectivity index (χ2n) is 5.08. The molecular formula is C14H18O7. The van der Waals surface area contributed by atoms with E-state index < -0.39 is 36.7 Å². The lowest BCUT2D eigenvalue weighted by molar-refractivity contribution is -0.268. The molecule has 0 aromatic heterocycles. The number of carboxylic acids is 1. The highest BCUT2D eigenvalue weighted by Crippen LogP contribution is 2.26. The summed E-state index contributed by atoms with van der Waals surface area (Å²) in [5.74, 6) is -0.717. The molecule has 0 bridgehead atoms. The zero-order valence-electron chi connectivity index (χ0n) is 11.6. The predicted molar refractivity (Wildman–Crippen MR) is 71.1 cm³/mol. The Hall–Kier alpha value is -1.67. The molecule has 1 aromatic rings. The van der Waals surface area contributed by atoms with Crippen molar-refractivity contribution in [2.45, 2.75) is 44.6 Å².